The molecule has 7 heteroatoms. The first-order valence-corrected chi connectivity index (χ1v) is 6.09. The summed E-state index contributed by atoms with van der Waals surface area (Å²) < 4.78 is 0. The largest absolute Gasteiger partial charge is 0.368 e. The predicted molar refractivity (Wildman–Crippen MR) is 70.5 cm³/mol. The average molecular weight is 270 g/mol. The third-order valence-corrected chi connectivity index (χ3v) is 3.46. The topological polar surface area (TPSA) is 84.1 Å². The molecule has 2 rings (SSSR count). The van der Waals surface area contributed by atoms with Crippen LogP contribution in [0.1, 0.15) is 13.3 Å². The average Bonchev–Trinajstić information content (AvgIpc) is 2.71. The number of nitrogens with one attached hydrogen (secondary N) is 1. The van der Waals surface area contributed by atoms with Crippen molar-refractivity contribution >= 4 is 29.3 Å². The molecular formula is C11H16ClN5O. The van der Waals surface area contributed by atoms with E-state index in [9.17, 15) is 4.79 Å². The van der Waals surface area contributed by atoms with Crippen molar-refractivity contribution in [1.82, 2.24) is 15.3 Å². The highest BCUT2D eigenvalue weighted by atomic mass is 35.5. The number of anilines is 2. The van der Waals surface area contributed by atoms with Crippen LogP contribution in [0.15, 0.2) is 6.07 Å². The molecule has 1 aliphatic rings. The van der Waals surface area contributed by atoms with Gasteiger partial charge in [-0.1, -0.05) is 11.6 Å². The smallest absolute Gasteiger partial charge is 0.227 e. The van der Waals surface area contributed by atoms with Gasteiger partial charge in [0.05, 0.1) is 5.41 Å². The summed E-state index contributed by atoms with van der Waals surface area (Å²) in [4.78, 5) is 21.8. The molecule has 0 spiro atoms. The summed E-state index contributed by atoms with van der Waals surface area (Å²) in [5.74, 6) is 0.851. The lowest BCUT2D eigenvalue weighted by Crippen LogP contribution is -2.39. The van der Waals surface area contributed by atoms with Crippen LogP contribution >= 0.6 is 11.6 Å². The molecule has 0 bridgehead atoms. The zero-order chi connectivity index (χ0) is 13.3. The van der Waals surface area contributed by atoms with E-state index in [0.717, 1.165) is 13.0 Å². The van der Waals surface area contributed by atoms with Crippen LogP contribution in [-0.2, 0) is 4.79 Å². The van der Waals surface area contributed by atoms with E-state index >= 15 is 0 Å². The molecule has 1 amide bonds. The summed E-state index contributed by atoms with van der Waals surface area (Å²) in [5, 5.41) is 3.00. The highest BCUT2D eigenvalue weighted by Crippen LogP contribution is 2.33. The van der Waals surface area contributed by atoms with Crippen molar-refractivity contribution in [1.29, 1.82) is 0 Å². The molecule has 98 valence electrons. The number of nitrogens with zero attached hydrogens (tertiary/aromatic N) is 3. The second-order valence-electron chi connectivity index (χ2n) is 4.72. The lowest BCUT2D eigenvalue weighted by molar-refractivity contribution is -0.128. The third kappa shape index (κ3) is 2.33. The van der Waals surface area contributed by atoms with Crippen LogP contribution in [0.3, 0.4) is 0 Å². The summed E-state index contributed by atoms with van der Waals surface area (Å²) >= 11 is 5.85. The van der Waals surface area contributed by atoms with Crippen molar-refractivity contribution in [2.75, 3.05) is 30.8 Å². The fourth-order valence-corrected chi connectivity index (χ4v) is 2.41. The second-order valence-corrected chi connectivity index (χ2v) is 5.11. The number of carbonyl (C=O) groups is 1. The van der Waals surface area contributed by atoms with Gasteiger partial charge in [-0.15, -0.1) is 0 Å². The molecule has 3 N–H and O–H groups in total. The maximum Gasteiger partial charge on any atom is 0.227 e. The van der Waals surface area contributed by atoms with Gasteiger partial charge in [-0.2, -0.15) is 4.98 Å². The number of rotatable bonds is 2. The van der Waals surface area contributed by atoms with E-state index in [1.54, 1.807) is 13.1 Å². The lowest BCUT2D eigenvalue weighted by Gasteiger charge is -2.23. The number of nitrogens with two attached hydrogens (primary N) is 1. The van der Waals surface area contributed by atoms with E-state index in [1.165, 1.54) is 0 Å². The van der Waals surface area contributed by atoms with Crippen LogP contribution in [0.4, 0.5) is 11.8 Å². The minimum absolute atomic E-state index is 0.0399. The van der Waals surface area contributed by atoms with Crippen molar-refractivity contribution in [2.45, 2.75) is 13.3 Å². The molecule has 0 radical (unpaired) electrons. The highest BCUT2D eigenvalue weighted by molar-refractivity contribution is 6.29. The second kappa shape index (κ2) is 4.61. The number of carbonyl (C=O) groups excluding carboxylic acids is 1. The van der Waals surface area contributed by atoms with Gasteiger partial charge in [0, 0.05) is 26.2 Å². The van der Waals surface area contributed by atoms with Crippen LogP contribution < -0.4 is 16.0 Å². The molecule has 0 saturated carbocycles. The molecule has 6 nitrogen and oxygen atoms in total. The molecule has 18 heavy (non-hydrogen) atoms. The zero-order valence-corrected chi connectivity index (χ0v) is 11.2. The molecule has 1 saturated heterocycles. The van der Waals surface area contributed by atoms with E-state index in [-0.39, 0.29) is 11.9 Å². The predicted octanol–water partition coefficient (Wildman–Crippen LogP) is 0.675. The van der Waals surface area contributed by atoms with Gasteiger partial charge in [0.1, 0.15) is 11.0 Å². The van der Waals surface area contributed by atoms with Gasteiger partial charge in [-0.3, -0.25) is 4.79 Å². The van der Waals surface area contributed by atoms with Crippen molar-refractivity contribution in [3.8, 4) is 0 Å². The normalized spacial score (nSPS) is 23.2. The van der Waals surface area contributed by atoms with Crippen LogP contribution in [0.2, 0.25) is 5.15 Å². The molecule has 1 aliphatic heterocycles. The molecular weight excluding hydrogens is 254 g/mol. The Balaban J connectivity index is 2.20. The molecule has 1 unspecified atom stereocenters. The number of nitrogen functional groups attached to an aromatic ring is 1. The highest BCUT2D eigenvalue weighted by Gasteiger charge is 2.40. The fraction of sp³-hybridized carbons (Fsp3) is 0.545. The van der Waals surface area contributed by atoms with Crippen molar-refractivity contribution in [3.63, 3.8) is 0 Å². The molecule has 2 heterocycles. The van der Waals surface area contributed by atoms with Gasteiger partial charge in [0.25, 0.3) is 0 Å². The number of hydrogen-bond donors (Lipinski definition) is 2. The molecule has 0 aromatic carbocycles. The monoisotopic (exact) mass is 269 g/mol. The minimum Gasteiger partial charge on any atom is -0.368 e. The Morgan fingerprint density at radius 2 is 2.33 bits per heavy atom. The Bertz CT molecular complexity index is 460. The van der Waals surface area contributed by atoms with Crippen molar-refractivity contribution in [3.05, 3.63) is 11.2 Å². The quantitative estimate of drug-likeness (QED) is 0.771. The maximum absolute atomic E-state index is 11.8. The van der Waals surface area contributed by atoms with E-state index in [4.69, 9.17) is 17.3 Å². The SMILES string of the molecule is CNC(=O)C1(C)CCN(c2cc(Cl)nc(N)n2)C1. The standard InChI is InChI=1S/C11H16ClN5O/c1-11(9(18)14-2)3-4-17(6-11)8-5-7(12)15-10(13)16-8/h5H,3-4,6H2,1-2H3,(H,14,18)(H2,13,15,16). The van der Waals surface area contributed by atoms with Crippen LogP contribution in [-0.4, -0.2) is 36.0 Å². The van der Waals surface area contributed by atoms with E-state index in [0.29, 0.717) is 17.5 Å². The molecule has 1 aromatic rings. The van der Waals surface area contributed by atoms with E-state index < -0.39 is 5.41 Å². The van der Waals surface area contributed by atoms with Gasteiger partial charge in [-0.05, 0) is 13.3 Å². The molecule has 1 aromatic heterocycles. The third-order valence-electron chi connectivity index (χ3n) is 3.27. The van der Waals surface area contributed by atoms with Gasteiger partial charge in [0.15, 0.2) is 0 Å². The van der Waals surface area contributed by atoms with E-state index in [1.807, 2.05) is 11.8 Å². The Morgan fingerprint density at radius 1 is 1.61 bits per heavy atom. The summed E-state index contributed by atoms with van der Waals surface area (Å²) in [7, 11) is 1.65. The summed E-state index contributed by atoms with van der Waals surface area (Å²) in [6.45, 7) is 3.29. The number of hydrogen-bond acceptors (Lipinski definition) is 5. The Kier molecular flexibility index (Phi) is 3.30. The van der Waals surface area contributed by atoms with Crippen LogP contribution in [0.5, 0.6) is 0 Å². The van der Waals surface area contributed by atoms with Crippen molar-refractivity contribution < 1.29 is 4.79 Å². The Morgan fingerprint density at radius 3 is 2.94 bits per heavy atom. The van der Waals surface area contributed by atoms with Gasteiger partial charge >= 0.3 is 0 Å². The minimum atomic E-state index is -0.402. The lowest BCUT2D eigenvalue weighted by atomic mass is 9.89. The van der Waals surface area contributed by atoms with Crippen LogP contribution in [0.25, 0.3) is 0 Å². The first-order chi connectivity index (χ1) is 8.44. The Labute approximate surface area is 111 Å². The van der Waals surface area contributed by atoms with Crippen molar-refractivity contribution in [2.24, 2.45) is 5.41 Å². The van der Waals surface area contributed by atoms with Gasteiger partial charge in [0.2, 0.25) is 11.9 Å². The first kappa shape index (κ1) is 12.9. The Hall–Kier alpha value is -1.56. The molecule has 0 aliphatic carbocycles. The summed E-state index contributed by atoms with van der Waals surface area (Å²) in [6, 6.07) is 1.66. The van der Waals surface area contributed by atoms with Gasteiger partial charge in [-0.25, -0.2) is 4.98 Å². The van der Waals surface area contributed by atoms with Crippen LogP contribution in [0, 0.1) is 5.41 Å². The number of aromatic nitrogens is 2. The molecule has 1 atom stereocenters. The maximum atomic E-state index is 11.8. The van der Waals surface area contributed by atoms with Gasteiger partial charge < -0.3 is 16.0 Å². The van der Waals surface area contributed by atoms with E-state index in [2.05, 4.69) is 15.3 Å². The first-order valence-electron chi connectivity index (χ1n) is 5.72. The molecule has 1 fully saturated rings. The fourth-order valence-electron chi connectivity index (χ4n) is 2.23. The number of halogens is 1. The number of amides is 1. The summed E-state index contributed by atoms with van der Waals surface area (Å²) in [5.41, 5.74) is 5.17. The summed E-state index contributed by atoms with van der Waals surface area (Å²) in [6.07, 6.45) is 0.772. The zero-order valence-electron chi connectivity index (χ0n) is 10.4.